The first kappa shape index (κ1) is 8.96. The molecule has 0 atom stereocenters. The molecule has 2 aromatic rings. The number of rotatable bonds is 1. The Labute approximate surface area is 89.7 Å². The summed E-state index contributed by atoms with van der Waals surface area (Å²) in [5, 5.41) is 1.65. The van der Waals surface area contributed by atoms with Crippen molar-refractivity contribution in [3.05, 3.63) is 22.1 Å². The Morgan fingerprint density at radius 2 is 1.36 bits per heavy atom. The molecule has 0 saturated heterocycles. The molecule has 0 aliphatic rings. The molecule has 0 amide bonds. The summed E-state index contributed by atoms with van der Waals surface area (Å²) in [4.78, 5) is 9.93. The van der Waals surface area contributed by atoms with Crippen LogP contribution in [0.3, 0.4) is 0 Å². The molecule has 2 nitrogen and oxygen atoms in total. The molecule has 0 bridgehead atoms. The molecule has 66 valence electrons. The lowest BCUT2D eigenvalue weighted by Gasteiger charge is -1.83. The van der Waals surface area contributed by atoms with E-state index in [0.717, 1.165) is 19.8 Å². The monoisotopic (exact) mass is 216 g/mol. The minimum atomic E-state index is 0.803. The third kappa shape index (κ3) is 1.54. The van der Waals surface area contributed by atoms with Gasteiger partial charge in [0.2, 0.25) is 0 Å². The first-order valence-electron chi connectivity index (χ1n) is 3.68. The molecule has 2 rings (SSSR count). The predicted octanol–water partition coefficient (Wildman–Crippen LogP) is 2.23. The number of hydrogen-bond acceptors (Lipinski definition) is 4. The van der Waals surface area contributed by atoms with E-state index in [2.05, 4.69) is 21.8 Å². The van der Waals surface area contributed by atoms with Crippen LogP contribution >= 0.6 is 22.7 Å². The van der Waals surface area contributed by atoms with Gasteiger partial charge < -0.3 is 0 Å². The van der Waals surface area contributed by atoms with Gasteiger partial charge in [0.15, 0.2) is 10.0 Å². The van der Waals surface area contributed by atoms with Crippen molar-refractivity contribution in [2.75, 3.05) is 0 Å². The molecule has 2 aromatic heterocycles. The lowest BCUT2D eigenvalue weighted by Crippen LogP contribution is -1.68. The highest BCUT2D eigenvalue weighted by Gasteiger charge is 2.07. The molecule has 0 radical (unpaired) electrons. The van der Waals surface area contributed by atoms with Gasteiger partial charge in [-0.1, -0.05) is 11.8 Å². The highest BCUT2D eigenvalue weighted by atomic mass is 32.1. The summed E-state index contributed by atoms with van der Waals surface area (Å²) in [5.74, 6) is 5.06. The van der Waals surface area contributed by atoms with E-state index in [-0.39, 0.29) is 0 Å². The van der Waals surface area contributed by atoms with Crippen molar-refractivity contribution < 1.29 is 0 Å². The van der Waals surface area contributed by atoms with Crippen LogP contribution in [0, 0.1) is 24.7 Å². The second-order valence-electron chi connectivity index (χ2n) is 2.35. The fraction of sp³-hybridized carbons (Fsp3) is 0. The largest absolute Gasteiger partial charge is 0.241 e. The highest BCUT2D eigenvalue weighted by Crippen LogP contribution is 2.28. The number of nitrogens with zero attached hydrogens (tertiary/aromatic N) is 2. The van der Waals surface area contributed by atoms with Crippen LogP contribution in [0.25, 0.3) is 10.0 Å². The van der Waals surface area contributed by atoms with Crippen LogP contribution < -0.4 is 0 Å². The standard InChI is InChI=1S/C10H4N2S2/c1-3-7-5-11-9(13-7)10-12-6-8(4-2)14-10/h1-2,5-6H. The molecule has 0 fully saturated rings. The maximum absolute atomic E-state index is 5.24. The zero-order valence-electron chi connectivity index (χ0n) is 7.02. The fourth-order valence-corrected chi connectivity index (χ4v) is 2.37. The van der Waals surface area contributed by atoms with Crippen molar-refractivity contribution in [2.45, 2.75) is 0 Å². The van der Waals surface area contributed by atoms with Crippen LogP contribution in [0.1, 0.15) is 9.75 Å². The molecule has 0 aromatic carbocycles. The number of thiazole rings is 2. The van der Waals surface area contributed by atoms with Crippen molar-refractivity contribution >= 4 is 22.7 Å². The molecule has 14 heavy (non-hydrogen) atoms. The zero-order chi connectivity index (χ0) is 9.97. The molecular formula is C10H4N2S2. The van der Waals surface area contributed by atoms with Gasteiger partial charge in [0.05, 0.1) is 22.1 Å². The molecule has 0 N–H and O–H groups in total. The van der Waals surface area contributed by atoms with Gasteiger partial charge in [-0.3, -0.25) is 0 Å². The van der Waals surface area contributed by atoms with Crippen molar-refractivity contribution in [2.24, 2.45) is 0 Å². The normalized spacial score (nSPS) is 9.29. The van der Waals surface area contributed by atoms with E-state index < -0.39 is 0 Å². The Morgan fingerprint density at radius 3 is 1.64 bits per heavy atom. The van der Waals surface area contributed by atoms with Gasteiger partial charge in [-0.15, -0.1) is 35.5 Å². The number of terminal acetylenes is 2. The minimum Gasteiger partial charge on any atom is -0.241 e. The van der Waals surface area contributed by atoms with E-state index in [0.29, 0.717) is 0 Å². The predicted molar refractivity (Wildman–Crippen MR) is 59.1 cm³/mol. The molecule has 0 saturated carbocycles. The fourth-order valence-electron chi connectivity index (χ4n) is 0.879. The van der Waals surface area contributed by atoms with Crippen LogP contribution in [-0.4, -0.2) is 9.97 Å². The third-order valence-electron chi connectivity index (χ3n) is 1.48. The second-order valence-corrected chi connectivity index (χ2v) is 4.41. The van der Waals surface area contributed by atoms with E-state index >= 15 is 0 Å². The van der Waals surface area contributed by atoms with Crippen LogP contribution in [0.5, 0.6) is 0 Å². The summed E-state index contributed by atoms with van der Waals surface area (Å²) < 4.78 is 0. The maximum Gasteiger partial charge on any atom is 0.153 e. The van der Waals surface area contributed by atoms with Gasteiger partial charge in [-0.2, -0.15) is 0 Å². The van der Waals surface area contributed by atoms with Gasteiger partial charge in [-0.25, -0.2) is 9.97 Å². The number of aromatic nitrogens is 2. The Bertz CT molecular complexity index is 487. The molecule has 0 unspecified atom stereocenters. The van der Waals surface area contributed by atoms with Gasteiger partial charge in [0, 0.05) is 0 Å². The molecule has 0 aliphatic carbocycles. The van der Waals surface area contributed by atoms with E-state index in [1.807, 2.05) is 0 Å². The average Bonchev–Trinajstić information content (AvgIpc) is 2.86. The van der Waals surface area contributed by atoms with Gasteiger partial charge in [-0.05, 0) is 0 Å². The van der Waals surface area contributed by atoms with Crippen LogP contribution in [0.2, 0.25) is 0 Å². The van der Waals surface area contributed by atoms with Gasteiger partial charge >= 0.3 is 0 Å². The summed E-state index contributed by atoms with van der Waals surface area (Å²) in [7, 11) is 0. The van der Waals surface area contributed by atoms with Crippen molar-refractivity contribution in [3.63, 3.8) is 0 Å². The lowest BCUT2D eigenvalue weighted by atomic mass is 10.6. The summed E-state index contributed by atoms with van der Waals surface area (Å²) in [6.45, 7) is 0. The topological polar surface area (TPSA) is 25.8 Å². The average molecular weight is 216 g/mol. The van der Waals surface area contributed by atoms with Crippen LogP contribution in [0.4, 0.5) is 0 Å². The van der Waals surface area contributed by atoms with Crippen molar-refractivity contribution in [1.29, 1.82) is 0 Å². The second kappa shape index (κ2) is 3.63. The summed E-state index contributed by atoms with van der Waals surface area (Å²) >= 11 is 2.88. The molecule has 0 aliphatic heterocycles. The highest BCUT2D eigenvalue weighted by molar-refractivity contribution is 7.21. The van der Waals surface area contributed by atoms with E-state index in [1.54, 1.807) is 12.4 Å². The van der Waals surface area contributed by atoms with E-state index in [9.17, 15) is 0 Å². The van der Waals surface area contributed by atoms with Gasteiger partial charge in [0.1, 0.15) is 0 Å². The third-order valence-corrected chi connectivity index (χ3v) is 3.48. The summed E-state index contributed by atoms with van der Waals surface area (Å²) in [6.07, 6.45) is 13.8. The first-order chi connectivity index (χ1) is 6.83. The molecular weight excluding hydrogens is 212 g/mol. The SMILES string of the molecule is C#Cc1cnc(-c2ncc(C#C)s2)s1. The van der Waals surface area contributed by atoms with Crippen LogP contribution in [-0.2, 0) is 0 Å². The minimum absolute atomic E-state index is 0.803. The quantitative estimate of drug-likeness (QED) is 0.683. The number of hydrogen-bond donors (Lipinski definition) is 0. The smallest absolute Gasteiger partial charge is 0.153 e. The van der Waals surface area contributed by atoms with Gasteiger partial charge in [0.25, 0.3) is 0 Å². The lowest BCUT2D eigenvalue weighted by molar-refractivity contribution is 1.35. The van der Waals surface area contributed by atoms with Crippen molar-refractivity contribution in [1.82, 2.24) is 9.97 Å². The Balaban J connectivity index is 2.41. The van der Waals surface area contributed by atoms with E-state index in [4.69, 9.17) is 12.8 Å². The Kier molecular flexibility index (Phi) is 2.32. The summed E-state index contributed by atoms with van der Waals surface area (Å²) in [6, 6.07) is 0. The van der Waals surface area contributed by atoms with E-state index in [1.165, 1.54) is 22.7 Å². The Morgan fingerprint density at radius 1 is 0.929 bits per heavy atom. The zero-order valence-corrected chi connectivity index (χ0v) is 8.65. The van der Waals surface area contributed by atoms with Crippen molar-refractivity contribution in [3.8, 4) is 34.7 Å². The molecule has 0 spiro atoms. The first-order valence-corrected chi connectivity index (χ1v) is 5.32. The molecule has 2 heterocycles. The molecule has 4 heteroatoms. The van der Waals surface area contributed by atoms with Crippen LogP contribution in [0.15, 0.2) is 12.4 Å². The summed E-state index contributed by atoms with van der Waals surface area (Å²) in [5.41, 5.74) is 0. The maximum atomic E-state index is 5.24. The Hall–Kier alpha value is -1.62.